The van der Waals surface area contributed by atoms with Crippen LogP contribution in [0.3, 0.4) is 0 Å². The third-order valence-corrected chi connectivity index (χ3v) is 4.97. The molecule has 4 nitrogen and oxygen atoms in total. The van der Waals surface area contributed by atoms with Crippen LogP contribution in [0.15, 0.2) is 71.6 Å². The average Bonchev–Trinajstić information content (AvgIpc) is 2.59. The van der Waals surface area contributed by atoms with Gasteiger partial charge in [-0.25, -0.2) is 4.79 Å². The van der Waals surface area contributed by atoms with Crippen molar-refractivity contribution >= 4 is 34.5 Å². The Morgan fingerprint density at radius 3 is 2.12 bits per heavy atom. The monoisotopic (exact) mass is 338 g/mol. The summed E-state index contributed by atoms with van der Waals surface area (Å²) in [5.74, 6) is -1.99. The second-order valence-electron chi connectivity index (χ2n) is 5.21. The van der Waals surface area contributed by atoms with Crippen molar-refractivity contribution in [3.05, 3.63) is 77.9 Å². The van der Waals surface area contributed by atoms with E-state index in [0.717, 1.165) is 17.1 Å². The van der Waals surface area contributed by atoms with E-state index in [-0.39, 0.29) is 5.56 Å². The van der Waals surface area contributed by atoms with E-state index >= 15 is 0 Å². The second kappa shape index (κ2) is 6.76. The van der Waals surface area contributed by atoms with Gasteiger partial charge < -0.3 is 10.2 Å². The molecule has 0 aliphatic carbocycles. The number of aromatic carboxylic acids is 1. The first-order valence-corrected chi connectivity index (χ1v) is 8.15. The summed E-state index contributed by atoms with van der Waals surface area (Å²) < 4.78 is 0. The van der Waals surface area contributed by atoms with Gasteiger partial charge in [0.1, 0.15) is 5.25 Å². The molecule has 0 unspecified atom stereocenters. The van der Waals surface area contributed by atoms with Gasteiger partial charge >= 0.3 is 11.9 Å². The fourth-order valence-corrected chi connectivity index (χ4v) is 3.75. The van der Waals surface area contributed by atoms with Gasteiger partial charge in [-0.1, -0.05) is 54.6 Å². The molecule has 5 heteroatoms. The maximum atomic E-state index is 11.7. The molecule has 0 spiro atoms. The van der Waals surface area contributed by atoms with Gasteiger partial charge in [-0.3, -0.25) is 4.79 Å². The molecule has 120 valence electrons. The molecule has 0 heterocycles. The van der Waals surface area contributed by atoms with Gasteiger partial charge in [0, 0.05) is 10.3 Å². The smallest absolute Gasteiger partial charge is 0.336 e. The summed E-state index contributed by atoms with van der Waals surface area (Å²) >= 11 is 1.15. The minimum Gasteiger partial charge on any atom is -0.480 e. The number of fused-ring (bicyclic) bond motifs is 1. The second-order valence-corrected chi connectivity index (χ2v) is 6.36. The van der Waals surface area contributed by atoms with Crippen LogP contribution in [0.5, 0.6) is 0 Å². The van der Waals surface area contributed by atoms with Crippen molar-refractivity contribution in [2.45, 2.75) is 10.1 Å². The van der Waals surface area contributed by atoms with Crippen molar-refractivity contribution in [1.82, 2.24) is 0 Å². The molecule has 0 saturated carbocycles. The number of hydrogen-bond acceptors (Lipinski definition) is 3. The molecule has 3 rings (SSSR count). The van der Waals surface area contributed by atoms with Gasteiger partial charge in [-0.05, 0) is 23.1 Å². The lowest BCUT2D eigenvalue weighted by Gasteiger charge is -2.15. The number of thioether (sulfide) groups is 1. The predicted octanol–water partition coefficient (Wildman–Crippen LogP) is 4.46. The fourth-order valence-electron chi connectivity index (χ4n) is 2.60. The zero-order valence-corrected chi connectivity index (χ0v) is 13.4. The highest BCUT2D eigenvalue weighted by atomic mass is 32.2. The minimum atomic E-state index is -1.03. The maximum Gasteiger partial charge on any atom is 0.336 e. The third-order valence-electron chi connectivity index (χ3n) is 3.67. The van der Waals surface area contributed by atoms with Crippen LogP contribution in [-0.4, -0.2) is 22.2 Å². The Morgan fingerprint density at radius 1 is 0.833 bits per heavy atom. The fraction of sp³-hybridized carbons (Fsp3) is 0.0526. The zero-order chi connectivity index (χ0) is 17.1. The first-order valence-electron chi connectivity index (χ1n) is 7.27. The number of carboxylic acid groups (broad SMARTS) is 2. The molecular formula is C19H14O4S. The van der Waals surface area contributed by atoms with E-state index in [2.05, 4.69) is 0 Å². The molecule has 1 atom stereocenters. The van der Waals surface area contributed by atoms with E-state index in [9.17, 15) is 19.8 Å². The van der Waals surface area contributed by atoms with Crippen LogP contribution < -0.4 is 0 Å². The van der Waals surface area contributed by atoms with E-state index < -0.39 is 17.2 Å². The topological polar surface area (TPSA) is 74.6 Å². The lowest BCUT2D eigenvalue weighted by atomic mass is 10.0. The van der Waals surface area contributed by atoms with Crippen molar-refractivity contribution in [2.24, 2.45) is 0 Å². The Balaban J connectivity index is 2.12. The molecule has 0 aliphatic rings. The summed E-state index contributed by atoms with van der Waals surface area (Å²) in [7, 11) is 0. The summed E-state index contributed by atoms with van der Waals surface area (Å²) in [5.41, 5.74) is 0.840. The van der Waals surface area contributed by atoms with Crippen LogP contribution in [0.1, 0.15) is 21.2 Å². The summed E-state index contributed by atoms with van der Waals surface area (Å²) in [5, 5.41) is 19.6. The molecule has 0 aliphatic heterocycles. The number of carboxylic acids is 2. The highest BCUT2D eigenvalue weighted by molar-refractivity contribution is 8.00. The lowest BCUT2D eigenvalue weighted by Crippen LogP contribution is -2.08. The molecule has 0 radical (unpaired) electrons. The van der Waals surface area contributed by atoms with E-state index in [1.54, 1.807) is 42.5 Å². The zero-order valence-electron chi connectivity index (χ0n) is 12.5. The molecule has 0 amide bonds. The average molecular weight is 338 g/mol. The van der Waals surface area contributed by atoms with E-state index in [4.69, 9.17) is 0 Å². The van der Waals surface area contributed by atoms with Crippen molar-refractivity contribution < 1.29 is 19.8 Å². The Hall–Kier alpha value is -2.79. The third kappa shape index (κ3) is 3.12. The molecule has 3 aromatic carbocycles. The molecule has 0 saturated heterocycles. The number of aliphatic carboxylic acids is 1. The first-order chi connectivity index (χ1) is 11.6. The van der Waals surface area contributed by atoms with Gasteiger partial charge in [0.05, 0.1) is 5.56 Å². The van der Waals surface area contributed by atoms with Crippen molar-refractivity contribution in [2.75, 3.05) is 0 Å². The van der Waals surface area contributed by atoms with Crippen molar-refractivity contribution in [3.63, 3.8) is 0 Å². The van der Waals surface area contributed by atoms with E-state index in [1.165, 1.54) is 6.07 Å². The lowest BCUT2D eigenvalue weighted by molar-refractivity contribution is -0.136. The molecular weight excluding hydrogens is 324 g/mol. The van der Waals surface area contributed by atoms with Gasteiger partial charge in [0.2, 0.25) is 0 Å². The van der Waals surface area contributed by atoms with Crippen LogP contribution in [0, 0.1) is 0 Å². The Bertz CT molecular complexity index is 900. The van der Waals surface area contributed by atoms with E-state index in [1.807, 2.05) is 18.2 Å². The number of benzene rings is 3. The normalized spacial score (nSPS) is 12.0. The van der Waals surface area contributed by atoms with Crippen molar-refractivity contribution in [1.29, 1.82) is 0 Å². The molecule has 24 heavy (non-hydrogen) atoms. The predicted molar refractivity (Wildman–Crippen MR) is 93.6 cm³/mol. The standard InChI is InChI=1S/C19H14O4S/c20-18(21)14-10-4-8-12-9-5-11-15(16(12)14)24-17(19(22)23)13-6-2-1-3-7-13/h1-11,17H,(H,20,21)(H,22,23)/t17-/m0/s1. The van der Waals surface area contributed by atoms with Gasteiger partial charge in [0.25, 0.3) is 0 Å². The van der Waals surface area contributed by atoms with Gasteiger partial charge in [-0.2, -0.15) is 0 Å². The Kier molecular flexibility index (Phi) is 4.53. The molecule has 0 bridgehead atoms. The van der Waals surface area contributed by atoms with Crippen molar-refractivity contribution in [3.8, 4) is 0 Å². The Labute approximate surface area is 142 Å². The largest absolute Gasteiger partial charge is 0.480 e. The molecule has 2 N–H and O–H groups in total. The van der Waals surface area contributed by atoms with E-state index in [0.29, 0.717) is 15.8 Å². The molecule has 0 aromatic heterocycles. The van der Waals surface area contributed by atoms with Gasteiger partial charge in [-0.15, -0.1) is 11.8 Å². The summed E-state index contributed by atoms with van der Waals surface area (Å²) in [6, 6.07) is 19.4. The Morgan fingerprint density at radius 2 is 1.50 bits per heavy atom. The van der Waals surface area contributed by atoms with Crippen LogP contribution in [0.2, 0.25) is 0 Å². The van der Waals surface area contributed by atoms with Crippen LogP contribution in [0.25, 0.3) is 10.8 Å². The SMILES string of the molecule is O=C(O)c1cccc2cccc(S[C@H](C(=O)O)c3ccccc3)c12. The van der Waals surface area contributed by atoms with Gasteiger partial charge in [0.15, 0.2) is 0 Å². The minimum absolute atomic E-state index is 0.174. The number of carbonyl (C=O) groups is 2. The number of hydrogen-bond donors (Lipinski definition) is 2. The summed E-state index contributed by atoms with van der Waals surface area (Å²) in [4.78, 5) is 23.9. The molecule has 0 fully saturated rings. The summed E-state index contributed by atoms with van der Waals surface area (Å²) in [6.07, 6.45) is 0. The highest BCUT2D eigenvalue weighted by Crippen LogP contribution is 2.40. The number of rotatable bonds is 5. The van der Waals surface area contributed by atoms with Crippen LogP contribution >= 0.6 is 11.8 Å². The van der Waals surface area contributed by atoms with Crippen LogP contribution in [-0.2, 0) is 4.79 Å². The quantitative estimate of drug-likeness (QED) is 0.672. The highest BCUT2D eigenvalue weighted by Gasteiger charge is 2.23. The maximum absolute atomic E-state index is 11.7. The first kappa shape index (κ1) is 16.1. The summed E-state index contributed by atoms with van der Waals surface area (Å²) in [6.45, 7) is 0. The van der Waals surface area contributed by atoms with Crippen LogP contribution in [0.4, 0.5) is 0 Å². The molecule has 3 aromatic rings.